The number of aromatic nitrogens is 3. The number of carbonyl (C=O) groups is 1. The van der Waals surface area contributed by atoms with E-state index >= 15 is 0 Å². The minimum atomic E-state index is -0.0285. The van der Waals surface area contributed by atoms with Crippen molar-refractivity contribution >= 4 is 28.8 Å². The lowest BCUT2D eigenvalue weighted by Gasteiger charge is -2.34. The van der Waals surface area contributed by atoms with Gasteiger partial charge in [-0.3, -0.25) is 9.69 Å². The molecule has 0 aliphatic carbocycles. The van der Waals surface area contributed by atoms with Crippen molar-refractivity contribution in [1.29, 1.82) is 0 Å². The van der Waals surface area contributed by atoms with Crippen molar-refractivity contribution in [3.05, 3.63) is 67.9 Å². The normalized spacial score (nSPS) is 14.9. The monoisotopic (exact) mass is 457 g/mol. The second-order valence-electron chi connectivity index (χ2n) is 8.05. The van der Waals surface area contributed by atoms with E-state index in [0.29, 0.717) is 36.0 Å². The Labute approximate surface area is 192 Å². The molecule has 3 aromatic rings. The van der Waals surface area contributed by atoms with Crippen LogP contribution in [0, 0.1) is 13.8 Å². The quantitative estimate of drug-likeness (QED) is 0.557. The Hall–Kier alpha value is -2.22. The van der Waals surface area contributed by atoms with Crippen molar-refractivity contribution in [3.63, 3.8) is 0 Å². The largest absolute Gasteiger partial charge is 0.336 e. The maximum absolute atomic E-state index is 13.2. The summed E-state index contributed by atoms with van der Waals surface area (Å²) in [6, 6.07) is 8.27. The standard InChI is InChI=1S/C23H28ClN5OS/c1-4-20-25-19(15-31-20)14-27-9-11-28(12-10-27)23(30)21-17(3)26-29(22(21)24)13-18-7-5-16(2)6-8-18/h5-8,15H,4,9-14H2,1-3H3. The van der Waals surface area contributed by atoms with Gasteiger partial charge in [0.2, 0.25) is 0 Å². The Morgan fingerprint density at radius 1 is 1.10 bits per heavy atom. The zero-order valence-electron chi connectivity index (χ0n) is 18.3. The number of nitrogens with zero attached hydrogens (tertiary/aromatic N) is 5. The number of halogens is 1. The van der Waals surface area contributed by atoms with Gasteiger partial charge >= 0.3 is 0 Å². The summed E-state index contributed by atoms with van der Waals surface area (Å²) in [5.74, 6) is -0.0285. The molecule has 1 aliphatic rings. The van der Waals surface area contributed by atoms with Crippen molar-refractivity contribution in [1.82, 2.24) is 24.6 Å². The molecule has 31 heavy (non-hydrogen) atoms. The van der Waals surface area contributed by atoms with Gasteiger partial charge in [0.15, 0.2) is 0 Å². The van der Waals surface area contributed by atoms with Crippen molar-refractivity contribution in [2.75, 3.05) is 26.2 Å². The molecule has 3 heterocycles. The first-order chi connectivity index (χ1) is 14.9. The molecule has 1 saturated heterocycles. The molecule has 0 bridgehead atoms. The number of thiazole rings is 1. The predicted molar refractivity (Wildman–Crippen MR) is 125 cm³/mol. The van der Waals surface area contributed by atoms with Crippen molar-refractivity contribution in [2.24, 2.45) is 0 Å². The fourth-order valence-corrected chi connectivity index (χ4v) is 4.90. The summed E-state index contributed by atoms with van der Waals surface area (Å²) >= 11 is 8.33. The van der Waals surface area contributed by atoms with Crippen molar-refractivity contribution in [2.45, 2.75) is 40.3 Å². The molecule has 1 aromatic carbocycles. The summed E-state index contributed by atoms with van der Waals surface area (Å²) in [6.45, 7) is 10.5. The average molecular weight is 458 g/mol. The highest BCUT2D eigenvalue weighted by molar-refractivity contribution is 7.09. The molecule has 164 valence electrons. The second kappa shape index (κ2) is 9.51. The fourth-order valence-electron chi connectivity index (χ4n) is 3.85. The van der Waals surface area contributed by atoms with Gasteiger partial charge in [0.05, 0.1) is 28.5 Å². The van der Waals surface area contributed by atoms with E-state index < -0.39 is 0 Å². The molecule has 0 spiro atoms. The van der Waals surface area contributed by atoms with Crippen LogP contribution in [-0.4, -0.2) is 56.7 Å². The van der Waals surface area contributed by atoms with Gasteiger partial charge in [-0.05, 0) is 25.8 Å². The third-order valence-corrected chi connectivity index (χ3v) is 7.11. The van der Waals surface area contributed by atoms with Gasteiger partial charge in [-0.1, -0.05) is 48.4 Å². The third-order valence-electron chi connectivity index (χ3n) is 5.68. The number of hydrogen-bond acceptors (Lipinski definition) is 5. The summed E-state index contributed by atoms with van der Waals surface area (Å²) < 4.78 is 1.72. The lowest BCUT2D eigenvalue weighted by molar-refractivity contribution is 0.0626. The number of hydrogen-bond donors (Lipinski definition) is 0. The number of benzene rings is 1. The van der Waals surface area contributed by atoms with Gasteiger partial charge < -0.3 is 4.90 Å². The van der Waals surface area contributed by atoms with E-state index in [1.165, 1.54) is 10.6 Å². The van der Waals surface area contributed by atoms with E-state index in [9.17, 15) is 4.79 Å². The number of carbonyl (C=O) groups excluding carboxylic acids is 1. The minimum absolute atomic E-state index is 0.0285. The van der Waals surface area contributed by atoms with E-state index in [1.54, 1.807) is 16.0 Å². The van der Waals surface area contributed by atoms with Gasteiger partial charge in [-0.15, -0.1) is 11.3 Å². The summed E-state index contributed by atoms with van der Waals surface area (Å²) in [5, 5.41) is 8.28. The van der Waals surface area contributed by atoms with Crippen LogP contribution in [-0.2, 0) is 19.5 Å². The van der Waals surface area contributed by atoms with Gasteiger partial charge in [0.25, 0.3) is 5.91 Å². The molecular formula is C23H28ClN5OS. The van der Waals surface area contributed by atoms with Crippen LogP contribution in [0.1, 0.15) is 44.8 Å². The Balaban J connectivity index is 1.39. The maximum atomic E-state index is 13.2. The van der Waals surface area contributed by atoms with Gasteiger partial charge in [-0.25, -0.2) is 9.67 Å². The Morgan fingerprint density at radius 2 is 1.81 bits per heavy atom. The fraction of sp³-hybridized carbons (Fsp3) is 0.435. The number of amides is 1. The Kier molecular flexibility index (Phi) is 6.74. The zero-order chi connectivity index (χ0) is 22.0. The van der Waals surface area contributed by atoms with Gasteiger partial charge in [-0.2, -0.15) is 5.10 Å². The van der Waals surface area contributed by atoms with E-state index in [1.807, 2.05) is 11.8 Å². The van der Waals surface area contributed by atoms with Crippen LogP contribution in [0.15, 0.2) is 29.6 Å². The highest BCUT2D eigenvalue weighted by atomic mass is 35.5. The minimum Gasteiger partial charge on any atom is -0.336 e. The zero-order valence-corrected chi connectivity index (χ0v) is 19.8. The molecule has 0 unspecified atom stereocenters. The Bertz CT molecular complexity index is 1050. The van der Waals surface area contributed by atoms with E-state index in [2.05, 4.69) is 58.5 Å². The van der Waals surface area contributed by atoms with Crippen molar-refractivity contribution in [3.8, 4) is 0 Å². The maximum Gasteiger partial charge on any atom is 0.258 e. The summed E-state index contributed by atoms with van der Waals surface area (Å²) in [7, 11) is 0. The molecule has 1 amide bonds. The smallest absolute Gasteiger partial charge is 0.258 e. The molecule has 2 aromatic heterocycles. The Morgan fingerprint density at radius 3 is 2.45 bits per heavy atom. The third kappa shape index (κ3) is 5.00. The van der Waals surface area contributed by atoms with Crippen LogP contribution in [0.3, 0.4) is 0 Å². The first-order valence-electron chi connectivity index (χ1n) is 10.7. The van der Waals surface area contributed by atoms with Gasteiger partial charge in [0.1, 0.15) is 5.15 Å². The lowest BCUT2D eigenvalue weighted by Crippen LogP contribution is -2.48. The van der Waals surface area contributed by atoms with Crippen LogP contribution >= 0.6 is 22.9 Å². The summed E-state index contributed by atoms with van der Waals surface area (Å²) in [4.78, 5) is 22.1. The molecule has 4 rings (SSSR count). The van der Waals surface area contributed by atoms with Crippen LogP contribution < -0.4 is 0 Å². The van der Waals surface area contributed by atoms with Crippen LogP contribution in [0.5, 0.6) is 0 Å². The average Bonchev–Trinajstić information content (AvgIpc) is 3.33. The molecule has 1 fully saturated rings. The van der Waals surface area contributed by atoms with Crippen LogP contribution in [0.25, 0.3) is 0 Å². The number of aryl methyl sites for hydroxylation is 3. The first-order valence-corrected chi connectivity index (χ1v) is 11.9. The van der Waals surface area contributed by atoms with Crippen molar-refractivity contribution < 1.29 is 4.79 Å². The highest BCUT2D eigenvalue weighted by Crippen LogP contribution is 2.24. The van der Waals surface area contributed by atoms with Crippen LogP contribution in [0.2, 0.25) is 5.15 Å². The second-order valence-corrected chi connectivity index (χ2v) is 9.35. The molecular weight excluding hydrogens is 430 g/mol. The molecule has 0 saturated carbocycles. The molecule has 0 radical (unpaired) electrons. The molecule has 0 N–H and O–H groups in total. The van der Waals surface area contributed by atoms with E-state index in [4.69, 9.17) is 11.6 Å². The highest BCUT2D eigenvalue weighted by Gasteiger charge is 2.28. The van der Waals surface area contributed by atoms with Crippen LogP contribution in [0.4, 0.5) is 0 Å². The molecule has 1 aliphatic heterocycles. The van der Waals surface area contributed by atoms with E-state index in [-0.39, 0.29) is 5.91 Å². The number of piperazine rings is 1. The predicted octanol–water partition coefficient (Wildman–Crippen LogP) is 4.18. The molecule has 8 heteroatoms. The summed E-state index contributed by atoms with van der Waals surface area (Å²) in [5.41, 5.74) is 4.64. The lowest BCUT2D eigenvalue weighted by atomic mass is 10.1. The molecule has 6 nitrogen and oxygen atoms in total. The number of rotatable bonds is 6. The molecule has 0 atom stereocenters. The topological polar surface area (TPSA) is 54.3 Å². The first kappa shape index (κ1) is 22.0. The van der Waals surface area contributed by atoms with E-state index in [0.717, 1.165) is 37.3 Å². The summed E-state index contributed by atoms with van der Waals surface area (Å²) in [6.07, 6.45) is 0.977. The SMILES string of the molecule is CCc1nc(CN2CCN(C(=O)c3c(C)nn(Cc4ccc(C)cc4)c3Cl)CC2)cs1. The van der Waals surface area contributed by atoms with Gasteiger partial charge in [0, 0.05) is 38.1 Å².